The van der Waals surface area contributed by atoms with E-state index in [4.69, 9.17) is 11.6 Å². The number of rotatable bonds is 3. The van der Waals surface area contributed by atoms with Crippen LogP contribution >= 0.6 is 11.6 Å². The predicted molar refractivity (Wildman–Crippen MR) is 74.0 cm³/mol. The molecule has 104 valence electrons. The molecule has 20 heavy (non-hydrogen) atoms. The number of halogens is 2. The summed E-state index contributed by atoms with van der Waals surface area (Å²) in [4.78, 5) is 13.7. The molecule has 0 aliphatic carbocycles. The Balaban J connectivity index is 2.22. The van der Waals surface area contributed by atoms with Gasteiger partial charge < -0.3 is 4.90 Å². The van der Waals surface area contributed by atoms with Crippen molar-refractivity contribution in [3.05, 3.63) is 58.6 Å². The molecule has 0 aliphatic rings. The number of carbonyl (C=O) groups excluding carboxylic acids is 1. The molecule has 0 radical (unpaired) electrons. The molecule has 0 fully saturated rings. The number of amides is 1. The molecule has 1 heterocycles. The van der Waals surface area contributed by atoms with Crippen LogP contribution in [0.4, 0.5) is 4.39 Å². The molecule has 0 bridgehead atoms. The van der Waals surface area contributed by atoms with Crippen LogP contribution in [0.15, 0.2) is 36.4 Å². The standard InChI is InChI=1S/C14H13ClFN3O/c1-9(10-5-3-4-6-11(10)16)19(2)14(20)12-7-8-13(15)18-17-12/h3-9H,1-2H3. The van der Waals surface area contributed by atoms with Crippen LogP contribution in [-0.2, 0) is 0 Å². The van der Waals surface area contributed by atoms with Crippen molar-refractivity contribution in [2.24, 2.45) is 0 Å². The first-order valence-corrected chi connectivity index (χ1v) is 6.39. The van der Waals surface area contributed by atoms with E-state index in [2.05, 4.69) is 10.2 Å². The number of benzene rings is 1. The average molecular weight is 294 g/mol. The van der Waals surface area contributed by atoms with Gasteiger partial charge in [-0.3, -0.25) is 4.79 Å². The first-order chi connectivity index (χ1) is 9.50. The fraction of sp³-hybridized carbons (Fsp3) is 0.214. The predicted octanol–water partition coefficient (Wildman–Crippen LogP) is 3.10. The summed E-state index contributed by atoms with van der Waals surface area (Å²) in [6.45, 7) is 1.75. The van der Waals surface area contributed by atoms with Crippen LogP contribution in [0.5, 0.6) is 0 Å². The summed E-state index contributed by atoms with van der Waals surface area (Å²) in [6.07, 6.45) is 0. The molecule has 1 aromatic carbocycles. The first-order valence-electron chi connectivity index (χ1n) is 6.01. The summed E-state index contributed by atoms with van der Waals surface area (Å²) >= 11 is 5.63. The lowest BCUT2D eigenvalue weighted by molar-refractivity contribution is 0.0733. The Morgan fingerprint density at radius 2 is 1.95 bits per heavy atom. The molecule has 2 rings (SSSR count). The molecule has 0 aliphatic heterocycles. The average Bonchev–Trinajstić information content (AvgIpc) is 2.46. The number of carbonyl (C=O) groups is 1. The zero-order chi connectivity index (χ0) is 14.7. The van der Waals surface area contributed by atoms with E-state index in [1.807, 2.05) is 0 Å². The third-order valence-corrected chi connectivity index (χ3v) is 3.31. The summed E-state index contributed by atoms with van der Waals surface area (Å²) in [5.41, 5.74) is 0.616. The maximum atomic E-state index is 13.7. The second-order valence-electron chi connectivity index (χ2n) is 4.35. The summed E-state index contributed by atoms with van der Waals surface area (Å²) < 4.78 is 13.7. The Morgan fingerprint density at radius 1 is 1.25 bits per heavy atom. The Morgan fingerprint density at radius 3 is 2.55 bits per heavy atom. The number of nitrogens with zero attached hydrogens (tertiary/aromatic N) is 3. The van der Waals surface area contributed by atoms with E-state index in [1.54, 1.807) is 32.2 Å². The highest BCUT2D eigenvalue weighted by Crippen LogP contribution is 2.22. The Labute approximate surface area is 121 Å². The molecular formula is C14H13ClFN3O. The second-order valence-corrected chi connectivity index (χ2v) is 4.74. The second kappa shape index (κ2) is 5.96. The third kappa shape index (κ3) is 2.93. The highest BCUT2D eigenvalue weighted by Gasteiger charge is 2.22. The van der Waals surface area contributed by atoms with E-state index in [9.17, 15) is 9.18 Å². The monoisotopic (exact) mass is 293 g/mol. The van der Waals surface area contributed by atoms with Gasteiger partial charge in [-0.25, -0.2) is 4.39 Å². The van der Waals surface area contributed by atoms with E-state index in [0.717, 1.165) is 0 Å². The molecule has 0 saturated carbocycles. The van der Waals surface area contributed by atoms with Gasteiger partial charge in [-0.1, -0.05) is 29.8 Å². The van der Waals surface area contributed by atoms with Gasteiger partial charge in [0.05, 0.1) is 6.04 Å². The highest BCUT2D eigenvalue weighted by atomic mass is 35.5. The molecule has 1 atom stereocenters. The molecule has 0 spiro atoms. The lowest BCUT2D eigenvalue weighted by Gasteiger charge is -2.25. The number of aromatic nitrogens is 2. The van der Waals surface area contributed by atoms with Crippen LogP contribution in [0, 0.1) is 5.82 Å². The smallest absolute Gasteiger partial charge is 0.274 e. The Kier molecular flexibility index (Phi) is 4.29. The molecule has 0 N–H and O–H groups in total. The number of hydrogen-bond acceptors (Lipinski definition) is 3. The van der Waals surface area contributed by atoms with Crippen molar-refractivity contribution in [2.45, 2.75) is 13.0 Å². The lowest BCUT2D eigenvalue weighted by atomic mass is 10.1. The van der Waals surface area contributed by atoms with Gasteiger partial charge in [0.25, 0.3) is 5.91 Å². The largest absolute Gasteiger partial charge is 0.333 e. The van der Waals surface area contributed by atoms with Crippen LogP contribution in [0.3, 0.4) is 0 Å². The molecule has 2 aromatic rings. The topological polar surface area (TPSA) is 46.1 Å². The zero-order valence-electron chi connectivity index (χ0n) is 11.0. The van der Waals surface area contributed by atoms with Crippen LogP contribution in [-0.4, -0.2) is 28.1 Å². The quantitative estimate of drug-likeness (QED) is 0.873. The van der Waals surface area contributed by atoms with Gasteiger partial charge in [0.15, 0.2) is 10.8 Å². The van der Waals surface area contributed by atoms with Crippen molar-refractivity contribution in [3.8, 4) is 0 Å². The lowest BCUT2D eigenvalue weighted by Crippen LogP contribution is -2.31. The molecule has 0 saturated heterocycles. The third-order valence-electron chi connectivity index (χ3n) is 3.11. The Bertz CT molecular complexity index is 618. The van der Waals surface area contributed by atoms with Crippen molar-refractivity contribution < 1.29 is 9.18 Å². The van der Waals surface area contributed by atoms with E-state index >= 15 is 0 Å². The summed E-state index contributed by atoms with van der Waals surface area (Å²) in [7, 11) is 1.59. The van der Waals surface area contributed by atoms with Crippen LogP contribution in [0.1, 0.15) is 29.0 Å². The van der Waals surface area contributed by atoms with Crippen molar-refractivity contribution >= 4 is 17.5 Å². The van der Waals surface area contributed by atoms with Crippen LogP contribution in [0.25, 0.3) is 0 Å². The normalized spacial score (nSPS) is 12.0. The van der Waals surface area contributed by atoms with Gasteiger partial charge in [0, 0.05) is 12.6 Å². The molecular weight excluding hydrogens is 281 g/mol. The SMILES string of the molecule is CC(c1ccccc1F)N(C)C(=O)c1ccc(Cl)nn1. The summed E-state index contributed by atoms with van der Waals surface area (Å²) in [5.74, 6) is -0.688. The van der Waals surface area contributed by atoms with Gasteiger partial charge in [-0.2, -0.15) is 0 Å². The van der Waals surface area contributed by atoms with E-state index in [-0.39, 0.29) is 22.6 Å². The van der Waals surface area contributed by atoms with E-state index in [1.165, 1.54) is 23.1 Å². The van der Waals surface area contributed by atoms with Crippen molar-refractivity contribution in [1.82, 2.24) is 15.1 Å². The van der Waals surface area contributed by atoms with E-state index in [0.29, 0.717) is 5.56 Å². The van der Waals surface area contributed by atoms with Gasteiger partial charge in [0.1, 0.15) is 5.82 Å². The van der Waals surface area contributed by atoms with Gasteiger partial charge in [-0.05, 0) is 25.1 Å². The van der Waals surface area contributed by atoms with Gasteiger partial charge in [-0.15, -0.1) is 10.2 Å². The minimum Gasteiger partial charge on any atom is -0.333 e. The summed E-state index contributed by atoms with van der Waals surface area (Å²) in [6, 6.07) is 8.92. The molecule has 4 nitrogen and oxygen atoms in total. The fourth-order valence-corrected chi connectivity index (χ4v) is 1.91. The molecule has 1 aromatic heterocycles. The summed E-state index contributed by atoms with van der Waals surface area (Å²) in [5, 5.41) is 7.57. The van der Waals surface area contributed by atoms with Crippen molar-refractivity contribution in [1.29, 1.82) is 0 Å². The zero-order valence-corrected chi connectivity index (χ0v) is 11.8. The minimum atomic E-state index is -0.416. The fourth-order valence-electron chi connectivity index (χ4n) is 1.81. The minimum absolute atomic E-state index is 0.167. The molecule has 6 heteroatoms. The van der Waals surface area contributed by atoms with E-state index < -0.39 is 6.04 Å². The highest BCUT2D eigenvalue weighted by molar-refractivity contribution is 6.29. The molecule has 1 unspecified atom stereocenters. The first kappa shape index (κ1) is 14.4. The van der Waals surface area contributed by atoms with Gasteiger partial charge >= 0.3 is 0 Å². The van der Waals surface area contributed by atoms with Gasteiger partial charge in [0.2, 0.25) is 0 Å². The van der Waals surface area contributed by atoms with Crippen molar-refractivity contribution in [2.75, 3.05) is 7.05 Å². The maximum absolute atomic E-state index is 13.7. The van der Waals surface area contributed by atoms with Crippen LogP contribution in [0.2, 0.25) is 5.15 Å². The van der Waals surface area contributed by atoms with Crippen LogP contribution < -0.4 is 0 Å². The Hall–Kier alpha value is -2.01. The molecule has 1 amide bonds. The van der Waals surface area contributed by atoms with Crippen molar-refractivity contribution in [3.63, 3.8) is 0 Å². The number of hydrogen-bond donors (Lipinski definition) is 0. The maximum Gasteiger partial charge on any atom is 0.274 e.